The number of aliphatic hydroxyl groups excluding tert-OH is 1. The number of carbonyl (C=O) groups excluding carboxylic acids is 2. The Morgan fingerprint density at radius 1 is 1.29 bits per heavy atom. The molecule has 0 saturated heterocycles. The smallest absolute Gasteiger partial charge is 0.253 e. The lowest BCUT2D eigenvalue weighted by atomic mass is 10.1. The third-order valence-electron chi connectivity index (χ3n) is 4.95. The minimum absolute atomic E-state index is 0.0735. The Labute approximate surface area is 163 Å². The van der Waals surface area contributed by atoms with Crippen LogP contribution in [0.1, 0.15) is 36.5 Å². The van der Waals surface area contributed by atoms with E-state index in [4.69, 9.17) is 5.11 Å². The Kier molecular flexibility index (Phi) is 6.36. The SMILES string of the molecule is C[C@H](CO)NC(=O)[C@@H]1CC[C@H](NC(=O)c2ccc(-c3cccc(F)c3)nc2)C1. The van der Waals surface area contributed by atoms with Gasteiger partial charge in [0.15, 0.2) is 0 Å². The van der Waals surface area contributed by atoms with Crippen molar-refractivity contribution in [1.82, 2.24) is 15.6 Å². The van der Waals surface area contributed by atoms with Gasteiger partial charge in [-0.15, -0.1) is 0 Å². The Bertz CT molecular complexity index is 841. The lowest BCUT2D eigenvalue weighted by Crippen LogP contribution is -2.39. The monoisotopic (exact) mass is 385 g/mol. The summed E-state index contributed by atoms with van der Waals surface area (Å²) in [5.41, 5.74) is 1.65. The summed E-state index contributed by atoms with van der Waals surface area (Å²) in [5.74, 6) is -0.824. The molecule has 0 aliphatic heterocycles. The number of aromatic nitrogens is 1. The van der Waals surface area contributed by atoms with E-state index in [2.05, 4.69) is 15.6 Å². The highest BCUT2D eigenvalue weighted by molar-refractivity contribution is 5.94. The van der Waals surface area contributed by atoms with Gasteiger partial charge >= 0.3 is 0 Å². The van der Waals surface area contributed by atoms with Gasteiger partial charge in [0.05, 0.1) is 17.9 Å². The van der Waals surface area contributed by atoms with Crippen molar-refractivity contribution in [3.63, 3.8) is 0 Å². The van der Waals surface area contributed by atoms with Crippen molar-refractivity contribution in [2.24, 2.45) is 5.92 Å². The number of halogens is 1. The Morgan fingerprint density at radius 3 is 2.79 bits per heavy atom. The van der Waals surface area contributed by atoms with Crippen LogP contribution in [-0.2, 0) is 4.79 Å². The van der Waals surface area contributed by atoms with Crippen molar-refractivity contribution >= 4 is 11.8 Å². The lowest BCUT2D eigenvalue weighted by molar-refractivity contribution is -0.125. The van der Waals surface area contributed by atoms with Crippen LogP contribution in [0.4, 0.5) is 4.39 Å². The first-order valence-corrected chi connectivity index (χ1v) is 9.40. The van der Waals surface area contributed by atoms with Gasteiger partial charge in [-0.1, -0.05) is 12.1 Å². The van der Waals surface area contributed by atoms with E-state index >= 15 is 0 Å². The van der Waals surface area contributed by atoms with Crippen LogP contribution in [0, 0.1) is 11.7 Å². The molecule has 0 spiro atoms. The van der Waals surface area contributed by atoms with E-state index in [0.717, 1.165) is 6.42 Å². The van der Waals surface area contributed by atoms with Gasteiger partial charge in [-0.25, -0.2) is 4.39 Å². The molecule has 1 fully saturated rings. The summed E-state index contributed by atoms with van der Waals surface area (Å²) >= 11 is 0. The fraction of sp³-hybridized carbons (Fsp3) is 0.381. The summed E-state index contributed by atoms with van der Waals surface area (Å²) in [6.45, 7) is 1.64. The second-order valence-corrected chi connectivity index (χ2v) is 7.22. The Morgan fingerprint density at radius 2 is 2.11 bits per heavy atom. The lowest BCUT2D eigenvalue weighted by Gasteiger charge is -2.16. The Balaban J connectivity index is 1.56. The number of rotatable bonds is 6. The van der Waals surface area contributed by atoms with Crippen LogP contribution in [0.3, 0.4) is 0 Å². The third-order valence-corrected chi connectivity index (χ3v) is 4.95. The quantitative estimate of drug-likeness (QED) is 0.712. The fourth-order valence-corrected chi connectivity index (χ4v) is 3.37. The van der Waals surface area contributed by atoms with E-state index in [-0.39, 0.29) is 42.2 Å². The number of hydrogen-bond donors (Lipinski definition) is 3. The molecule has 1 aromatic heterocycles. The predicted molar refractivity (Wildman–Crippen MR) is 103 cm³/mol. The van der Waals surface area contributed by atoms with Gasteiger partial charge in [-0.2, -0.15) is 0 Å². The molecule has 3 N–H and O–H groups in total. The van der Waals surface area contributed by atoms with Crippen LogP contribution in [0.2, 0.25) is 0 Å². The second-order valence-electron chi connectivity index (χ2n) is 7.22. The summed E-state index contributed by atoms with van der Waals surface area (Å²) in [4.78, 5) is 28.9. The van der Waals surface area contributed by atoms with Crippen molar-refractivity contribution in [2.45, 2.75) is 38.3 Å². The van der Waals surface area contributed by atoms with Crippen molar-refractivity contribution in [1.29, 1.82) is 0 Å². The summed E-state index contributed by atoms with van der Waals surface area (Å²) in [5, 5.41) is 14.7. The molecule has 0 unspecified atom stereocenters. The second kappa shape index (κ2) is 8.93. The van der Waals surface area contributed by atoms with E-state index in [1.165, 1.54) is 18.3 Å². The molecule has 2 amide bonds. The zero-order chi connectivity index (χ0) is 20.1. The van der Waals surface area contributed by atoms with Gasteiger partial charge in [0, 0.05) is 29.8 Å². The molecule has 1 heterocycles. The minimum Gasteiger partial charge on any atom is -0.394 e. The molecule has 2 aromatic rings. The maximum atomic E-state index is 13.3. The third kappa shape index (κ3) is 4.92. The predicted octanol–water partition coefficient (Wildman–Crippen LogP) is 2.28. The standard InChI is InChI=1S/C21H24FN3O3/c1-13(12-26)24-20(27)15-5-7-18(10-15)25-21(28)16-6-8-19(23-11-16)14-3-2-4-17(22)9-14/h2-4,6,8-9,11,13,15,18,26H,5,7,10,12H2,1H3,(H,24,27)(H,25,28)/t13-,15-,18+/m1/s1. The van der Waals surface area contributed by atoms with E-state index < -0.39 is 0 Å². The summed E-state index contributed by atoms with van der Waals surface area (Å²) in [7, 11) is 0. The van der Waals surface area contributed by atoms with E-state index in [9.17, 15) is 14.0 Å². The van der Waals surface area contributed by atoms with Gasteiger partial charge < -0.3 is 15.7 Å². The summed E-state index contributed by atoms with van der Waals surface area (Å²) in [6.07, 6.45) is 3.47. The van der Waals surface area contributed by atoms with E-state index in [1.807, 2.05) is 0 Å². The minimum atomic E-state index is -0.339. The maximum Gasteiger partial charge on any atom is 0.253 e. The van der Waals surface area contributed by atoms with Crippen LogP contribution in [0.5, 0.6) is 0 Å². The maximum absolute atomic E-state index is 13.3. The van der Waals surface area contributed by atoms with Crippen LogP contribution in [-0.4, -0.2) is 40.6 Å². The number of nitrogens with one attached hydrogen (secondary N) is 2. The van der Waals surface area contributed by atoms with Gasteiger partial charge in [-0.3, -0.25) is 14.6 Å². The zero-order valence-electron chi connectivity index (χ0n) is 15.7. The number of carbonyl (C=O) groups is 2. The number of pyridine rings is 1. The molecule has 3 atom stereocenters. The molecule has 1 aromatic carbocycles. The number of hydrogen-bond acceptors (Lipinski definition) is 4. The van der Waals surface area contributed by atoms with Gasteiger partial charge in [0.1, 0.15) is 5.82 Å². The number of benzene rings is 1. The van der Waals surface area contributed by atoms with E-state index in [1.54, 1.807) is 31.2 Å². The largest absolute Gasteiger partial charge is 0.394 e. The summed E-state index contributed by atoms with van der Waals surface area (Å²) < 4.78 is 13.3. The van der Waals surface area contributed by atoms with Crippen molar-refractivity contribution < 1.29 is 19.1 Å². The van der Waals surface area contributed by atoms with Gasteiger partial charge in [0.25, 0.3) is 5.91 Å². The van der Waals surface area contributed by atoms with Crippen LogP contribution in [0.25, 0.3) is 11.3 Å². The fourth-order valence-electron chi connectivity index (χ4n) is 3.37. The average molecular weight is 385 g/mol. The molecular weight excluding hydrogens is 361 g/mol. The Hall–Kier alpha value is -2.80. The van der Waals surface area contributed by atoms with Gasteiger partial charge in [0.2, 0.25) is 5.91 Å². The number of amides is 2. The molecule has 0 radical (unpaired) electrons. The van der Waals surface area contributed by atoms with Crippen molar-refractivity contribution in [3.8, 4) is 11.3 Å². The van der Waals surface area contributed by atoms with Crippen molar-refractivity contribution in [2.75, 3.05) is 6.61 Å². The normalized spacial score (nSPS) is 19.8. The molecular formula is C21H24FN3O3. The average Bonchev–Trinajstić information content (AvgIpc) is 3.16. The summed E-state index contributed by atoms with van der Waals surface area (Å²) in [6, 6.07) is 9.12. The first-order chi connectivity index (χ1) is 13.5. The molecule has 1 aliphatic rings. The first kappa shape index (κ1) is 19.9. The molecule has 1 aliphatic carbocycles. The molecule has 148 valence electrons. The van der Waals surface area contributed by atoms with E-state index in [0.29, 0.717) is 29.7 Å². The number of aliphatic hydroxyl groups is 1. The molecule has 1 saturated carbocycles. The molecule has 0 bridgehead atoms. The topological polar surface area (TPSA) is 91.3 Å². The van der Waals surface area contributed by atoms with Gasteiger partial charge in [-0.05, 0) is 50.5 Å². The first-order valence-electron chi connectivity index (χ1n) is 9.40. The van der Waals surface area contributed by atoms with Crippen LogP contribution in [0.15, 0.2) is 42.6 Å². The molecule has 6 nitrogen and oxygen atoms in total. The van der Waals surface area contributed by atoms with Crippen LogP contribution >= 0.6 is 0 Å². The van der Waals surface area contributed by atoms with Crippen molar-refractivity contribution in [3.05, 3.63) is 54.0 Å². The highest BCUT2D eigenvalue weighted by Gasteiger charge is 2.31. The highest BCUT2D eigenvalue weighted by atomic mass is 19.1. The number of nitrogens with zero attached hydrogens (tertiary/aromatic N) is 1. The molecule has 28 heavy (non-hydrogen) atoms. The zero-order valence-corrected chi connectivity index (χ0v) is 15.7. The van der Waals surface area contributed by atoms with Crippen LogP contribution < -0.4 is 10.6 Å². The molecule has 3 rings (SSSR count). The highest BCUT2D eigenvalue weighted by Crippen LogP contribution is 2.26. The molecule has 7 heteroatoms.